The Kier molecular flexibility index (Phi) is 9.63. The zero-order chi connectivity index (χ0) is 33.4. The van der Waals surface area contributed by atoms with Crippen LogP contribution >= 0.6 is 0 Å². The molecule has 13 heteroatoms. The second-order valence-corrected chi connectivity index (χ2v) is 15.6. The summed E-state index contributed by atoms with van der Waals surface area (Å²) in [5.41, 5.74) is -0.689. The van der Waals surface area contributed by atoms with Crippen molar-refractivity contribution in [1.29, 1.82) is 0 Å². The van der Waals surface area contributed by atoms with Crippen LogP contribution in [-0.2, 0) is 30.7 Å². The quantitative estimate of drug-likeness (QED) is 0.378. The third kappa shape index (κ3) is 6.51. The molecule has 0 radical (unpaired) electrons. The van der Waals surface area contributed by atoms with Gasteiger partial charge in [0.2, 0.25) is 10.0 Å². The van der Waals surface area contributed by atoms with Crippen molar-refractivity contribution < 1.29 is 36.3 Å². The lowest BCUT2D eigenvalue weighted by molar-refractivity contribution is -0.156. The van der Waals surface area contributed by atoms with E-state index in [1.54, 1.807) is 22.5 Å². The number of hydrogen-bond donors (Lipinski definition) is 3. The first-order valence-corrected chi connectivity index (χ1v) is 18.2. The molecule has 3 N–H and O–H groups in total. The van der Waals surface area contributed by atoms with Gasteiger partial charge in [-0.1, -0.05) is 25.1 Å². The minimum absolute atomic E-state index is 0.0294. The number of anilines is 1. The first-order chi connectivity index (χ1) is 22.5. The molecule has 3 aliphatic heterocycles. The molecule has 2 aromatic carbocycles. The number of nitrogens with one attached hydrogen (secondary N) is 3. The number of benzene rings is 2. The summed E-state index contributed by atoms with van der Waals surface area (Å²) in [5.74, 6) is -1.92. The van der Waals surface area contributed by atoms with E-state index in [-0.39, 0.29) is 48.0 Å². The number of fused-ring (bicyclic) bond motifs is 2. The molecule has 7 atom stereocenters. The molecule has 4 fully saturated rings. The highest BCUT2D eigenvalue weighted by Crippen LogP contribution is 2.65. The maximum atomic E-state index is 15.5. The molecule has 47 heavy (non-hydrogen) atoms. The molecule has 1 spiro atoms. The Bertz CT molecular complexity index is 1590. The van der Waals surface area contributed by atoms with Crippen LogP contribution < -0.4 is 16.0 Å². The molecule has 2 aromatic rings. The monoisotopic (exact) mass is 674 g/mol. The lowest BCUT2D eigenvalue weighted by atomic mass is 9.44. The molecule has 1 aliphatic carbocycles. The van der Waals surface area contributed by atoms with E-state index in [2.05, 4.69) is 16.0 Å². The van der Waals surface area contributed by atoms with Crippen molar-refractivity contribution >= 4 is 27.7 Å². The summed E-state index contributed by atoms with van der Waals surface area (Å²) >= 11 is 0. The molecule has 2 amide bonds. The number of carbonyl (C=O) groups excluding carboxylic acids is 2. The Hall–Kier alpha value is -3.13. The molecule has 10 nitrogen and oxygen atoms in total. The zero-order valence-electron chi connectivity index (χ0n) is 26.9. The van der Waals surface area contributed by atoms with E-state index in [1.807, 2.05) is 6.92 Å². The van der Waals surface area contributed by atoms with Crippen molar-refractivity contribution in [3.05, 3.63) is 65.2 Å². The fourth-order valence-electron chi connectivity index (χ4n) is 8.51. The number of methoxy groups -OCH3 is 1. The largest absolute Gasteiger partial charge is 0.453 e. The Morgan fingerprint density at radius 2 is 1.96 bits per heavy atom. The van der Waals surface area contributed by atoms with Crippen molar-refractivity contribution in [3.63, 3.8) is 0 Å². The molecule has 3 saturated heterocycles. The molecule has 3 heterocycles. The standard InChI is InChI=1S/C34H44F2N4O6S/c1-3-26-18-33(15-16-46-26)21-34(39-32(42)45-2,30(33)22-9-11-23(35)12-10-22)31(41)38-29-8-4-7-28(36)27(29)14-13-25-19-37-24-6-5-17-47(43,44)40(25)20-24/h4,7-12,24-26,30,37H,3,5-6,13-21H2,1-2H3,(H,38,41)(H,39,42). The summed E-state index contributed by atoms with van der Waals surface area (Å²) in [6.45, 7) is 3.39. The van der Waals surface area contributed by atoms with E-state index >= 15 is 4.39 Å². The number of hydrogen-bond acceptors (Lipinski definition) is 7. The number of halogens is 2. The van der Waals surface area contributed by atoms with Crippen LogP contribution in [0, 0.1) is 17.0 Å². The Balaban J connectivity index is 1.30. The molecule has 1 saturated carbocycles. The van der Waals surface area contributed by atoms with Gasteiger partial charge < -0.3 is 25.4 Å². The van der Waals surface area contributed by atoms with Crippen LogP contribution in [0.1, 0.15) is 68.9 Å². The SMILES string of the molecule is CCC1CC2(CCO1)CC(NC(=O)OC)(C(=O)Nc1cccc(F)c1CCC1CNC3CCCS(=O)(=O)N1C3)C2c1ccc(F)cc1. The molecule has 7 unspecified atom stereocenters. The summed E-state index contributed by atoms with van der Waals surface area (Å²) in [6.07, 6.45) is 3.48. The van der Waals surface area contributed by atoms with Gasteiger partial charge in [0.05, 0.1) is 19.0 Å². The van der Waals surface area contributed by atoms with Gasteiger partial charge in [0.1, 0.15) is 17.2 Å². The first-order valence-electron chi connectivity index (χ1n) is 16.5. The summed E-state index contributed by atoms with van der Waals surface area (Å²) in [5, 5.41) is 9.22. The third-order valence-electron chi connectivity index (χ3n) is 10.8. The van der Waals surface area contributed by atoms with Crippen molar-refractivity contribution in [1.82, 2.24) is 14.9 Å². The summed E-state index contributed by atoms with van der Waals surface area (Å²) < 4.78 is 68.1. The van der Waals surface area contributed by atoms with Gasteiger partial charge >= 0.3 is 6.09 Å². The number of rotatable bonds is 8. The highest BCUT2D eigenvalue weighted by atomic mass is 32.2. The van der Waals surface area contributed by atoms with Crippen molar-refractivity contribution in [2.45, 2.75) is 87.9 Å². The van der Waals surface area contributed by atoms with E-state index in [1.165, 1.54) is 31.4 Å². The van der Waals surface area contributed by atoms with Crippen LogP contribution in [0.4, 0.5) is 19.3 Å². The minimum Gasteiger partial charge on any atom is -0.453 e. The Morgan fingerprint density at radius 1 is 1.17 bits per heavy atom. The Morgan fingerprint density at radius 3 is 2.70 bits per heavy atom. The molecule has 6 rings (SSSR count). The van der Waals surface area contributed by atoms with Gasteiger partial charge in [-0.05, 0) is 86.6 Å². The van der Waals surface area contributed by atoms with E-state index in [4.69, 9.17) is 9.47 Å². The minimum atomic E-state index is -3.42. The van der Waals surface area contributed by atoms with Crippen LogP contribution in [0.3, 0.4) is 0 Å². The van der Waals surface area contributed by atoms with Gasteiger partial charge in [-0.15, -0.1) is 0 Å². The van der Waals surface area contributed by atoms with Crippen molar-refractivity contribution in [2.24, 2.45) is 5.41 Å². The second-order valence-electron chi connectivity index (χ2n) is 13.5. The normalized spacial score (nSPS) is 32.9. The summed E-state index contributed by atoms with van der Waals surface area (Å²) in [4.78, 5) is 27.4. The average Bonchev–Trinajstić information content (AvgIpc) is 3.16. The van der Waals surface area contributed by atoms with Crippen molar-refractivity contribution in [2.75, 3.05) is 37.9 Å². The van der Waals surface area contributed by atoms with Crippen LogP contribution in [0.5, 0.6) is 0 Å². The maximum Gasteiger partial charge on any atom is 0.407 e. The lowest BCUT2D eigenvalue weighted by Crippen LogP contribution is -2.74. The number of ether oxygens (including phenoxy) is 2. The van der Waals surface area contributed by atoms with Gasteiger partial charge in [-0.25, -0.2) is 22.0 Å². The van der Waals surface area contributed by atoms with Gasteiger partial charge in [-0.3, -0.25) is 4.79 Å². The van der Waals surface area contributed by atoms with Gasteiger partial charge in [0, 0.05) is 48.9 Å². The van der Waals surface area contributed by atoms with Gasteiger partial charge in [-0.2, -0.15) is 4.31 Å². The highest BCUT2D eigenvalue weighted by molar-refractivity contribution is 7.89. The number of carbonyl (C=O) groups is 2. The van der Waals surface area contributed by atoms with E-state index < -0.39 is 50.5 Å². The third-order valence-corrected chi connectivity index (χ3v) is 12.7. The number of amides is 2. The van der Waals surface area contributed by atoms with E-state index in [0.717, 1.165) is 12.8 Å². The van der Waals surface area contributed by atoms with Gasteiger partial charge in [0.25, 0.3) is 5.91 Å². The van der Waals surface area contributed by atoms with Crippen molar-refractivity contribution in [3.8, 4) is 0 Å². The predicted octanol–water partition coefficient (Wildman–Crippen LogP) is 4.46. The topological polar surface area (TPSA) is 126 Å². The van der Waals surface area contributed by atoms with E-state index in [0.29, 0.717) is 50.9 Å². The summed E-state index contributed by atoms with van der Waals surface area (Å²) in [7, 11) is -2.20. The predicted molar refractivity (Wildman–Crippen MR) is 172 cm³/mol. The zero-order valence-corrected chi connectivity index (χ0v) is 27.7. The van der Waals surface area contributed by atoms with Crippen LogP contribution in [-0.4, -0.2) is 81.0 Å². The number of sulfonamides is 1. The molecule has 0 aromatic heterocycles. The smallest absolute Gasteiger partial charge is 0.407 e. The summed E-state index contributed by atoms with van der Waals surface area (Å²) in [6, 6.07) is 10.2. The Labute approximate surface area is 275 Å². The molecule has 256 valence electrons. The van der Waals surface area contributed by atoms with E-state index in [9.17, 15) is 22.4 Å². The fourth-order valence-corrected chi connectivity index (χ4v) is 10.3. The number of nitrogens with zero attached hydrogens (tertiary/aromatic N) is 1. The molecule has 4 aliphatic rings. The fraction of sp³-hybridized carbons (Fsp3) is 0.588. The maximum absolute atomic E-state index is 15.5. The van der Waals surface area contributed by atoms with Crippen LogP contribution in [0.15, 0.2) is 42.5 Å². The highest BCUT2D eigenvalue weighted by Gasteiger charge is 2.68. The second kappa shape index (κ2) is 13.4. The molecule has 2 bridgehead atoms. The molecular weight excluding hydrogens is 630 g/mol. The molecular formula is C34H44F2N4O6S. The van der Waals surface area contributed by atoms with Crippen LogP contribution in [0.2, 0.25) is 0 Å². The number of alkyl carbamates (subject to hydrolysis) is 1. The lowest BCUT2D eigenvalue weighted by Gasteiger charge is -2.64. The van der Waals surface area contributed by atoms with Crippen LogP contribution in [0.25, 0.3) is 0 Å². The first kappa shape index (κ1) is 33.8. The number of piperazine rings is 1. The average molecular weight is 675 g/mol. The van der Waals surface area contributed by atoms with Gasteiger partial charge in [0.15, 0.2) is 0 Å².